The van der Waals surface area contributed by atoms with Gasteiger partial charge in [0.15, 0.2) is 0 Å². The maximum atomic E-state index is 2.32. The fourth-order valence-electron chi connectivity index (χ4n) is 2.03. The zero-order valence-corrected chi connectivity index (χ0v) is 19.7. The second kappa shape index (κ2) is 20.9. The second-order valence-corrected chi connectivity index (χ2v) is 5.38. The van der Waals surface area contributed by atoms with Gasteiger partial charge in [0.25, 0.3) is 0 Å². The molecule has 0 aromatic carbocycles. The second-order valence-electron chi connectivity index (χ2n) is 5.38. The zero-order chi connectivity index (χ0) is 11.2. The Labute approximate surface area is 176 Å². The molecular formula is C15H42Br2N2U. The van der Waals surface area contributed by atoms with Gasteiger partial charge >= 0.3 is 0 Å². The molecule has 0 spiro atoms. The molecule has 0 radical (unpaired) electrons. The first kappa shape index (κ1) is 43.1. The van der Waals surface area contributed by atoms with Crippen molar-refractivity contribution in [2.24, 2.45) is 0 Å². The first-order valence-corrected chi connectivity index (χ1v) is 6.04. The van der Waals surface area contributed by atoms with Crippen LogP contribution in [0.3, 0.4) is 0 Å². The zero-order valence-electron chi connectivity index (χ0n) is 12.4. The molecular weight excluding hydrogens is 606 g/mol. The number of hydrogen-bond donors (Lipinski definition) is 0. The van der Waals surface area contributed by atoms with Crippen LogP contribution in [0.15, 0.2) is 0 Å². The number of nitrogens with zero attached hydrogens (tertiary/aromatic N) is 2. The topological polar surface area (TPSA) is 0 Å². The number of hydrogen-bond acceptors (Lipinski definition) is 0. The number of rotatable bonds is 7. The number of quaternary nitrogens is 2. The van der Waals surface area contributed by atoms with Gasteiger partial charge in [0, 0.05) is 37.5 Å². The molecule has 0 aliphatic heterocycles. The van der Waals surface area contributed by atoms with Crippen molar-refractivity contribution < 1.29 is 74.0 Å². The minimum atomic E-state index is 0. The summed E-state index contributed by atoms with van der Waals surface area (Å²) in [6, 6.07) is 0. The molecule has 0 bridgehead atoms. The van der Waals surface area contributed by atoms with E-state index < -0.39 is 0 Å². The molecule has 0 saturated carbocycles. The van der Waals surface area contributed by atoms with Crippen LogP contribution in [-0.2, 0) is 0 Å². The van der Waals surface area contributed by atoms with Gasteiger partial charge in [0.1, 0.15) is 0 Å². The minimum absolute atomic E-state index is 0. The molecule has 0 saturated heterocycles. The van der Waals surface area contributed by atoms with E-state index in [1.54, 1.807) is 0 Å². The standard InChI is InChI=1S/C12H30N2.3CH4.2BrH.U/c1-7-14(8-2,9-3)12-10-11-13(4,5)6;;;;;;/h7-12H2,1-6H3;3*1H4;2*1H;/q+2;;;;;;/p-2. The van der Waals surface area contributed by atoms with Crippen LogP contribution in [0, 0.1) is 31.1 Å². The summed E-state index contributed by atoms with van der Waals surface area (Å²) in [6.07, 6.45) is 1.35. The summed E-state index contributed by atoms with van der Waals surface area (Å²) >= 11 is 0. The molecule has 0 aliphatic carbocycles. The van der Waals surface area contributed by atoms with E-state index >= 15 is 0 Å². The molecule has 0 heterocycles. The van der Waals surface area contributed by atoms with Crippen molar-refractivity contribution in [3.05, 3.63) is 0 Å². The van der Waals surface area contributed by atoms with Crippen LogP contribution < -0.4 is 34.0 Å². The Balaban J connectivity index is -0.0000000563. The summed E-state index contributed by atoms with van der Waals surface area (Å²) in [5.74, 6) is 0. The van der Waals surface area contributed by atoms with Gasteiger partial charge in [-0.25, -0.2) is 0 Å². The van der Waals surface area contributed by atoms with E-state index in [1.165, 1.54) is 43.6 Å². The summed E-state index contributed by atoms with van der Waals surface area (Å²) in [5, 5.41) is 0. The largest absolute Gasteiger partial charge is 1.00 e. The Bertz CT molecular complexity index is 150. The van der Waals surface area contributed by atoms with E-state index in [2.05, 4.69) is 41.9 Å². The minimum Gasteiger partial charge on any atom is -1.00 e. The van der Waals surface area contributed by atoms with Crippen molar-refractivity contribution in [3.8, 4) is 0 Å². The molecule has 0 atom stereocenters. The third kappa shape index (κ3) is 19.9. The van der Waals surface area contributed by atoms with Crippen LogP contribution in [0.5, 0.6) is 0 Å². The average Bonchev–Trinajstić information content (AvgIpc) is 2.11. The van der Waals surface area contributed by atoms with Gasteiger partial charge in [-0.05, 0) is 20.8 Å². The van der Waals surface area contributed by atoms with Crippen LogP contribution in [0.1, 0.15) is 49.5 Å². The molecule has 0 unspecified atom stereocenters. The molecule has 0 amide bonds. The summed E-state index contributed by atoms with van der Waals surface area (Å²) in [5.41, 5.74) is 0. The van der Waals surface area contributed by atoms with Gasteiger partial charge in [-0.1, -0.05) is 22.3 Å². The summed E-state index contributed by atoms with van der Waals surface area (Å²) in [4.78, 5) is 0. The van der Waals surface area contributed by atoms with E-state index in [4.69, 9.17) is 0 Å². The third-order valence-corrected chi connectivity index (χ3v) is 3.47. The molecule has 2 nitrogen and oxygen atoms in total. The Hall–Kier alpha value is 1.93. The number of halogens is 2. The van der Waals surface area contributed by atoms with Crippen molar-refractivity contribution >= 4 is 0 Å². The van der Waals surface area contributed by atoms with Crippen LogP contribution in [0.4, 0.5) is 0 Å². The Kier molecular flexibility index (Phi) is 45.1. The third-order valence-electron chi connectivity index (χ3n) is 3.47. The molecule has 0 rings (SSSR count). The Morgan fingerprint density at radius 2 is 0.950 bits per heavy atom. The van der Waals surface area contributed by atoms with E-state index in [9.17, 15) is 0 Å². The summed E-state index contributed by atoms with van der Waals surface area (Å²) in [6.45, 7) is 13.4. The predicted molar refractivity (Wildman–Crippen MR) is 84.5 cm³/mol. The van der Waals surface area contributed by atoms with Gasteiger partial charge in [0.05, 0.1) is 53.9 Å². The first-order chi connectivity index (χ1) is 6.39. The molecule has 5 heteroatoms. The van der Waals surface area contributed by atoms with Crippen LogP contribution in [0.2, 0.25) is 0 Å². The smallest absolute Gasteiger partial charge is 0.0840 e. The molecule has 0 N–H and O–H groups in total. The Morgan fingerprint density at radius 3 is 1.15 bits per heavy atom. The van der Waals surface area contributed by atoms with Gasteiger partial charge in [-0.3, -0.25) is 0 Å². The fourth-order valence-corrected chi connectivity index (χ4v) is 2.03. The van der Waals surface area contributed by atoms with Crippen molar-refractivity contribution in [3.63, 3.8) is 0 Å². The molecule has 0 aromatic heterocycles. The molecule has 20 heavy (non-hydrogen) atoms. The van der Waals surface area contributed by atoms with Crippen molar-refractivity contribution in [2.75, 3.05) is 53.9 Å². The monoisotopic (exact) mass is 646 g/mol. The van der Waals surface area contributed by atoms with E-state index in [1.807, 2.05) is 0 Å². The first-order valence-electron chi connectivity index (χ1n) is 6.04. The van der Waals surface area contributed by atoms with Crippen LogP contribution >= 0.6 is 0 Å². The summed E-state index contributed by atoms with van der Waals surface area (Å²) in [7, 11) is 6.83. The normalized spacial score (nSPS) is 9.30. The molecule has 130 valence electrons. The average molecular weight is 648 g/mol. The van der Waals surface area contributed by atoms with E-state index in [0.717, 1.165) is 4.48 Å². The van der Waals surface area contributed by atoms with Crippen molar-refractivity contribution in [1.29, 1.82) is 0 Å². The van der Waals surface area contributed by atoms with Crippen molar-refractivity contribution in [2.45, 2.75) is 49.5 Å². The van der Waals surface area contributed by atoms with Crippen molar-refractivity contribution in [1.82, 2.24) is 0 Å². The molecule has 0 aliphatic rings. The molecule has 0 aromatic rings. The van der Waals surface area contributed by atoms with Gasteiger partial charge < -0.3 is 42.9 Å². The van der Waals surface area contributed by atoms with Crippen LogP contribution in [0.25, 0.3) is 0 Å². The predicted octanol–water partition coefficient (Wildman–Crippen LogP) is -2.12. The quantitative estimate of drug-likeness (QED) is 0.278. The fraction of sp³-hybridized carbons (Fsp3) is 1.00. The molecule has 0 fully saturated rings. The van der Waals surface area contributed by atoms with E-state index in [-0.39, 0.29) is 87.4 Å². The van der Waals surface area contributed by atoms with Gasteiger partial charge in [0.2, 0.25) is 0 Å². The maximum Gasteiger partial charge on any atom is 0.0840 e. The Morgan fingerprint density at radius 1 is 0.650 bits per heavy atom. The summed E-state index contributed by atoms with van der Waals surface area (Å²) < 4.78 is 2.39. The van der Waals surface area contributed by atoms with Gasteiger partial charge in [-0.15, -0.1) is 0 Å². The maximum absolute atomic E-state index is 2.32. The SMILES string of the molecule is C.C.C.CC[N+](CC)(CC)CCC[N+](C)(C)C.[Br-].[Br-].[U]. The van der Waals surface area contributed by atoms with Crippen LogP contribution in [-0.4, -0.2) is 62.8 Å². The van der Waals surface area contributed by atoms with E-state index in [0.29, 0.717) is 0 Å². The van der Waals surface area contributed by atoms with Gasteiger partial charge in [-0.2, -0.15) is 0 Å².